The van der Waals surface area contributed by atoms with Gasteiger partial charge in [0, 0.05) is 0 Å². The van der Waals surface area contributed by atoms with Gasteiger partial charge in [0.25, 0.3) is 0 Å². The van der Waals surface area contributed by atoms with Gasteiger partial charge in [-0.2, -0.15) is 0 Å². The summed E-state index contributed by atoms with van der Waals surface area (Å²) in [4.78, 5) is 25.5. The van der Waals surface area contributed by atoms with Crippen LogP contribution in [-0.2, 0) is 9.59 Å². The molecule has 0 aromatic carbocycles. The van der Waals surface area contributed by atoms with Gasteiger partial charge in [-0.25, -0.2) is 0 Å². The Kier molecular flexibility index (Phi) is 5.88. The Balaban J connectivity index is 2.59. The number of hydrogen-bond acceptors (Lipinski definition) is 3. The molecule has 1 aliphatic rings. The molecule has 0 aromatic heterocycles. The van der Waals surface area contributed by atoms with Crippen LogP contribution in [0.15, 0.2) is 40.6 Å². The zero-order chi connectivity index (χ0) is 12.7. The van der Waals surface area contributed by atoms with Crippen molar-refractivity contribution in [3.8, 4) is 0 Å². The topological polar surface area (TPSA) is 66.7 Å². The molecular formula is C12H13NO3Te. The molecule has 1 amide bonds. The van der Waals surface area contributed by atoms with E-state index in [1.54, 1.807) is 24.3 Å². The van der Waals surface area contributed by atoms with Gasteiger partial charge >= 0.3 is 110 Å². The van der Waals surface area contributed by atoms with Crippen molar-refractivity contribution in [2.45, 2.75) is 15.9 Å². The molecule has 90 valence electrons. The maximum atomic E-state index is 11.5. The summed E-state index contributed by atoms with van der Waals surface area (Å²) in [6.07, 6.45) is 7.89. The number of aliphatic imine (C=N–C) groups is 1. The average Bonchev–Trinajstić information content (AvgIpc) is 2.26. The monoisotopic (exact) mass is 349 g/mol. The van der Waals surface area contributed by atoms with Crippen LogP contribution in [0, 0.1) is 0 Å². The third kappa shape index (κ3) is 5.12. The van der Waals surface area contributed by atoms with Crippen LogP contribution in [0.4, 0.5) is 0 Å². The number of amides is 1. The molecule has 1 heterocycles. The fourth-order valence-corrected chi connectivity index (χ4v) is 3.42. The third-order valence-electron chi connectivity index (χ3n) is 1.91. The van der Waals surface area contributed by atoms with Crippen molar-refractivity contribution in [1.82, 2.24) is 0 Å². The van der Waals surface area contributed by atoms with Crippen molar-refractivity contribution in [1.29, 1.82) is 0 Å². The van der Waals surface area contributed by atoms with Gasteiger partial charge in [0.2, 0.25) is 0 Å². The summed E-state index contributed by atoms with van der Waals surface area (Å²) in [5, 5.41) is 9.56. The number of rotatable bonds is 3. The second kappa shape index (κ2) is 7.21. The van der Waals surface area contributed by atoms with Crippen molar-refractivity contribution in [3.05, 3.63) is 35.6 Å². The molecular weight excluding hydrogens is 334 g/mol. The van der Waals surface area contributed by atoms with Crippen molar-refractivity contribution >= 4 is 38.8 Å². The second-order valence-corrected chi connectivity index (χ2v) is 6.13. The van der Waals surface area contributed by atoms with Crippen LogP contribution in [0.1, 0.15) is 6.92 Å². The van der Waals surface area contributed by atoms with E-state index >= 15 is 0 Å². The Hall–Kier alpha value is -1.18. The van der Waals surface area contributed by atoms with Crippen LogP contribution < -0.4 is 0 Å². The summed E-state index contributed by atoms with van der Waals surface area (Å²) in [5.74, 6) is -0.0185. The molecule has 0 unspecified atom stereocenters. The first-order chi connectivity index (χ1) is 8.11. The summed E-state index contributed by atoms with van der Waals surface area (Å²) in [5.41, 5.74) is 0.412. The summed E-state index contributed by atoms with van der Waals surface area (Å²) in [7, 11) is 0. The summed E-state index contributed by atoms with van der Waals surface area (Å²) in [6, 6.07) is 0. The quantitative estimate of drug-likeness (QED) is 0.480. The number of aliphatic hydroxyl groups is 1. The molecule has 0 bridgehead atoms. The van der Waals surface area contributed by atoms with Crippen molar-refractivity contribution in [2.24, 2.45) is 4.99 Å². The Labute approximate surface area is 110 Å². The molecule has 5 heteroatoms. The minimum atomic E-state index is -0.359. The van der Waals surface area contributed by atoms with Crippen LogP contribution in [-0.4, -0.2) is 43.9 Å². The zero-order valence-electron chi connectivity index (χ0n) is 9.42. The number of hydrogen-bond donors (Lipinski definition) is 1. The predicted octanol–water partition coefficient (Wildman–Crippen LogP) is 1.65. The van der Waals surface area contributed by atoms with Gasteiger partial charge in [-0.1, -0.05) is 0 Å². The van der Waals surface area contributed by atoms with Crippen LogP contribution in [0.25, 0.3) is 0 Å². The molecule has 0 fully saturated rings. The van der Waals surface area contributed by atoms with Crippen molar-refractivity contribution in [2.75, 3.05) is 0 Å². The normalized spacial score (nSPS) is 17.8. The van der Waals surface area contributed by atoms with E-state index in [0.29, 0.717) is 14.5 Å². The standard InChI is InChI=1S/C12H13NO3Te/c1-9(14)13-6-4-2-3-5-10-11(15)7-17-8-12(10)16/h2-6,15H,7-8H2,1H3. The number of aliphatic hydroxyl groups excluding tert-OH is 1. The van der Waals surface area contributed by atoms with Crippen LogP contribution in [0.2, 0.25) is 8.94 Å². The fourth-order valence-electron chi connectivity index (χ4n) is 1.16. The van der Waals surface area contributed by atoms with E-state index in [1.165, 1.54) is 13.1 Å². The van der Waals surface area contributed by atoms with E-state index in [0.717, 1.165) is 0 Å². The van der Waals surface area contributed by atoms with Gasteiger partial charge in [-0.3, -0.25) is 0 Å². The predicted molar refractivity (Wildman–Crippen MR) is 67.5 cm³/mol. The Morgan fingerprint density at radius 1 is 1.35 bits per heavy atom. The average molecular weight is 347 g/mol. The molecule has 0 atom stereocenters. The molecule has 0 spiro atoms. The Morgan fingerprint density at radius 2 is 2.12 bits per heavy atom. The summed E-state index contributed by atoms with van der Waals surface area (Å²) in [6.45, 7) is 1.37. The SMILES string of the molecule is CC(=O)N=CC=CC=CC1=C(O)C[Te]CC1=O. The number of carbonyl (C=O) groups excluding carboxylic acids is 2. The number of allylic oxidation sites excluding steroid dienone is 6. The van der Waals surface area contributed by atoms with E-state index in [1.807, 2.05) is 0 Å². The summed E-state index contributed by atoms with van der Waals surface area (Å²) < 4.78 is 1.30. The molecule has 1 N–H and O–H groups in total. The first-order valence-corrected chi connectivity index (χ1v) is 8.32. The van der Waals surface area contributed by atoms with E-state index < -0.39 is 0 Å². The second-order valence-electron chi connectivity index (χ2n) is 3.32. The number of ketones is 1. The maximum absolute atomic E-state index is 11.5. The molecule has 0 saturated carbocycles. The Morgan fingerprint density at radius 3 is 2.76 bits per heavy atom. The molecule has 1 aliphatic heterocycles. The first kappa shape index (κ1) is 13.9. The number of carbonyl (C=O) groups is 2. The molecule has 0 aliphatic carbocycles. The van der Waals surface area contributed by atoms with Gasteiger partial charge in [0.05, 0.1) is 0 Å². The van der Waals surface area contributed by atoms with Crippen molar-refractivity contribution < 1.29 is 14.7 Å². The van der Waals surface area contributed by atoms with Gasteiger partial charge in [-0.05, 0) is 0 Å². The number of nitrogens with zero attached hydrogens (tertiary/aromatic N) is 1. The fraction of sp³-hybridized carbons (Fsp3) is 0.250. The Bertz CT molecular complexity index is 433. The molecule has 4 nitrogen and oxygen atoms in total. The molecule has 17 heavy (non-hydrogen) atoms. The van der Waals surface area contributed by atoms with Gasteiger partial charge < -0.3 is 0 Å². The molecule has 0 radical (unpaired) electrons. The van der Waals surface area contributed by atoms with E-state index in [4.69, 9.17) is 0 Å². The van der Waals surface area contributed by atoms with Gasteiger partial charge in [0.1, 0.15) is 0 Å². The zero-order valence-corrected chi connectivity index (χ0v) is 11.8. The van der Waals surface area contributed by atoms with Gasteiger partial charge in [-0.15, -0.1) is 0 Å². The van der Waals surface area contributed by atoms with Crippen LogP contribution >= 0.6 is 0 Å². The molecule has 1 rings (SSSR count). The van der Waals surface area contributed by atoms with Gasteiger partial charge in [0.15, 0.2) is 0 Å². The molecule has 0 saturated heterocycles. The first-order valence-electron chi connectivity index (χ1n) is 5.02. The minimum absolute atomic E-state index is 0.0261. The van der Waals surface area contributed by atoms with Crippen LogP contribution in [0.5, 0.6) is 0 Å². The van der Waals surface area contributed by atoms with Crippen molar-refractivity contribution in [3.63, 3.8) is 0 Å². The van der Waals surface area contributed by atoms with E-state index in [2.05, 4.69) is 4.99 Å². The number of Topliss-reactive ketones (excluding diaryl/α,β-unsaturated/α-hetero) is 1. The summed E-state index contributed by atoms with van der Waals surface area (Å²) >= 11 is -0.359. The third-order valence-corrected chi connectivity index (χ3v) is 4.60. The molecule has 0 aromatic rings. The van der Waals surface area contributed by atoms with E-state index in [9.17, 15) is 14.7 Å². The van der Waals surface area contributed by atoms with E-state index in [-0.39, 0.29) is 38.4 Å². The van der Waals surface area contributed by atoms with Crippen LogP contribution in [0.3, 0.4) is 0 Å².